The molecular formula is C16H21N5O2. The summed E-state index contributed by atoms with van der Waals surface area (Å²) in [5, 5.41) is 6.99. The first-order valence-electron chi connectivity index (χ1n) is 7.86. The molecule has 1 saturated heterocycles. The number of carbonyl (C=O) groups excluding carboxylic acids is 1. The Morgan fingerprint density at radius 1 is 1.39 bits per heavy atom. The van der Waals surface area contributed by atoms with Crippen LogP contribution in [-0.4, -0.2) is 40.2 Å². The maximum Gasteiger partial charge on any atom is 0.225 e. The van der Waals surface area contributed by atoms with E-state index in [0.29, 0.717) is 12.2 Å². The molecule has 1 fully saturated rings. The predicted molar refractivity (Wildman–Crippen MR) is 85.1 cm³/mol. The molecule has 1 N–H and O–H groups in total. The van der Waals surface area contributed by atoms with Crippen LogP contribution in [0.5, 0.6) is 0 Å². The van der Waals surface area contributed by atoms with Crippen molar-refractivity contribution in [2.24, 2.45) is 0 Å². The predicted octanol–water partition coefficient (Wildman–Crippen LogP) is 1.41. The summed E-state index contributed by atoms with van der Waals surface area (Å²) < 4.78 is 5.11. The average Bonchev–Trinajstić information content (AvgIpc) is 2.88. The van der Waals surface area contributed by atoms with E-state index in [0.717, 1.165) is 43.1 Å². The van der Waals surface area contributed by atoms with E-state index in [1.165, 1.54) is 0 Å². The average molecular weight is 315 g/mol. The summed E-state index contributed by atoms with van der Waals surface area (Å²) in [5.74, 6) is 1.43. The third kappa shape index (κ3) is 3.67. The summed E-state index contributed by atoms with van der Waals surface area (Å²) in [6.07, 6.45) is 5.76. The number of hydrogen-bond acceptors (Lipinski definition) is 6. The Labute approximate surface area is 135 Å². The van der Waals surface area contributed by atoms with Crippen LogP contribution in [0.3, 0.4) is 0 Å². The van der Waals surface area contributed by atoms with Gasteiger partial charge in [0.1, 0.15) is 5.76 Å². The van der Waals surface area contributed by atoms with E-state index in [2.05, 4.69) is 25.3 Å². The standard InChI is InChI=1S/C16H21N5O2/c1-11-14(12(2)23-20-11)9-15(22)19-13-5-3-8-21(10-13)16-17-6-4-7-18-16/h4,6-7,13H,3,5,8-10H2,1-2H3,(H,19,22)/t13-/m0/s1. The number of piperidine rings is 1. The van der Waals surface area contributed by atoms with Crippen molar-refractivity contribution in [3.63, 3.8) is 0 Å². The van der Waals surface area contributed by atoms with Crippen LogP contribution in [-0.2, 0) is 11.2 Å². The van der Waals surface area contributed by atoms with Gasteiger partial charge in [0.15, 0.2) is 0 Å². The molecule has 1 aliphatic rings. The number of amides is 1. The Balaban J connectivity index is 1.58. The van der Waals surface area contributed by atoms with Crippen molar-refractivity contribution in [3.05, 3.63) is 35.5 Å². The lowest BCUT2D eigenvalue weighted by Crippen LogP contribution is -2.48. The molecule has 0 bridgehead atoms. The van der Waals surface area contributed by atoms with Crippen molar-refractivity contribution in [3.8, 4) is 0 Å². The molecule has 23 heavy (non-hydrogen) atoms. The number of aryl methyl sites for hydroxylation is 2. The number of carbonyl (C=O) groups is 1. The van der Waals surface area contributed by atoms with E-state index in [9.17, 15) is 4.79 Å². The smallest absolute Gasteiger partial charge is 0.225 e. The highest BCUT2D eigenvalue weighted by Gasteiger charge is 2.23. The topological polar surface area (TPSA) is 84.2 Å². The minimum absolute atomic E-state index is 0.000213. The molecule has 1 amide bonds. The SMILES string of the molecule is Cc1noc(C)c1CC(=O)N[C@H]1CCCN(c2ncccn2)C1. The Bertz CT molecular complexity index is 651. The second-order valence-electron chi connectivity index (χ2n) is 5.88. The molecule has 2 aromatic rings. The number of hydrogen-bond donors (Lipinski definition) is 1. The van der Waals surface area contributed by atoms with Crippen LogP contribution in [0.1, 0.15) is 29.9 Å². The number of anilines is 1. The first-order valence-corrected chi connectivity index (χ1v) is 7.86. The third-order valence-electron chi connectivity index (χ3n) is 4.14. The molecule has 122 valence electrons. The molecule has 7 nitrogen and oxygen atoms in total. The van der Waals surface area contributed by atoms with Crippen molar-refractivity contribution in [1.82, 2.24) is 20.4 Å². The molecule has 7 heteroatoms. The van der Waals surface area contributed by atoms with Gasteiger partial charge in [-0.1, -0.05) is 5.16 Å². The minimum atomic E-state index is 0.000213. The van der Waals surface area contributed by atoms with E-state index in [1.54, 1.807) is 18.5 Å². The van der Waals surface area contributed by atoms with Crippen LogP contribution in [0.15, 0.2) is 23.0 Å². The van der Waals surface area contributed by atoms with Gasteiger partial charge in [0.05, 0.1) is 12.1 Å². The molecule has 0 aliphatic carbocycles. The minimum Gasteiger partial charge on any atom is -0.361 e. The van der Waals surface area contributed by atoms with Crippen molar-refractivity contribution in [2.75, 3.05) is 18.0 Å². The molecule has 0 aromatic carbocycles. The number of rotatable bonds is 4. The van der Waals surface area contributed by atoms with Gasteiger partial charge < -0.3 is 14.7 Å². The highest BCUT2D eigenvalue weighted by molar-refractivity contribution is 5.79. The molecule has 0 radical (unpaired) electrons. The molecule has 3 heterocycles. The maximum atomic E-state index is 12.3. The summed E-state index contributed by atoms with van der Waals surface area (Å²) in [6.45, 7) is 5.34. The number of nitrogens with zero attached hydrogens (tertiary/aromatic N) is 4. The van der Waals surface area contributed by atoms with Gasteiger partial charge in [0.2, 0.25) is 11.9 Å². The molecule has 0 spiro atoms. The summed E-state index contributed by atoms with van der Waals surface area (Å²) in [5.41, 5.74) is 1.65. The second-order valence-corrected chi connectivity index (χ2v) is 5.88. The summed E-state index contributed by atoms with van der Waals surface area (Å²) in [7, 11) is 0. The Morgan fingerprint density at radius 2 is 2.17 bits per heavy atom. The first-order chi connectivity index (χ1) is 11.1. The van der Waals surface area contributed by atoms with Crippen LogP contribution in [0.2, 0.25) is 0 Å². The molecule has 2 aromatic heterocycles. The van der Waals surface area contributed by atoms with E-state index >= 15 is 0 Å². The lowest BCUT2D eigenvalue weighted by atomic mass is 10.0. The molecule has 3 rings (SSSR count). The molecule has 0 unspecified atom stereocenters. The molecule has 1 aliphatic heterocycles. The summed E-state index contributed by atoms with van der Waals surface area (Å²) in [4.78, 5) is 23.0. The zero-order valence-electron chi connectivity index (χ0n) is 13.5. The fourth-order valence-electron chi connectivity index (χ4n) is 2.92. The zero-order chi connectivity index (χ0) is 16.2. The number of nitrogens with one attached hydrogen (secondary N) is 1. The van der Waals surface area contributed by atoms with Crippen molar-refractivity contribution in [2.45, 2.75) is 39.2 Å². The normalized spacial score (nSPS) is 18.0. The molecule has 0 saturated carbocycles. The maximum absolute atomic E-state index is 12.3. The van der Waals surface area contributed by atoms with Gasteiger partial charge in [-0.3, -0.25) is 4.79 Å². The van der Waals surface area contributed by atoms with Crippen LogP contribution in [0, 0.1) is 13.8 Å². The lowest BCUT2D eigenvalue weighted by molar-refractivity contribution is -0.121. The quantitative estimate of drug-likeness (QED) is 0.918. The van der Waals surface area contributed by atoms with Crippen LogP contribution in [0.4, 0.5) is 5.95 Å². The van der Waals surface area contributed by atoms with Gasteiger partial charge in [-0.15, -0.1) is 0 Å². The highest BCUT2D eigenvalue weighted by Crippen LogP contribution is 2.16. The van der Waals surface area contributed by atoms with Crippen LogP contribution in [0.25, 0.3) is 0 Å². The van der Waals surface area contributed by atoms with E-state index in [1.807, 2.05) is 13.8 Å². The van der Waals surface area contributed by atoms with Gasteiger partial charge in [-0.2, -0.15) is 0 Å². The van der Waals surface area contributed by atoms with Gasteiger partial charge in [0.25, 0.3) is 0 Å². The summed E-state index contributed by atoms with van der Waals surface area (Å²) in [6, 6.07) is 1.91. The van der Waals surface area contributed by atoms with Gasteiger partial charge in [-0.25, -0.2) is 9.97 Å². The van der Waals surface area contributed by atoms with Gasteiger partial charge in [0, 0.05) is 37.1 Å². The van der Waals surface area contributed by atoms with E-state index in [-0.39, 0.29) is 11.9 Å². The Hall–Kier alpha value is -2.44. The zero-order valence-corrected chi connectivity index (χ0v) is 13.5. The summed E-state index contributed by atoms with van der Waals surface area (Å²) >= 11 is 0. The third-order valence-corrected chi connectivity index (χ3v) is 4.14. The highest BCUT2D eigenvalue weighted by atomic mass is 16.5. The van der Waals surface area contributed by atoms with E-state index < -0.39 is 0 Å². The second kappa shape index (κ2) is 6.76. The first kappa shape index (κ1) is 15.5. The van der Waals surface area contributed by atoms with Crippen molar-refractivity contribution in [1.29, 1.82) is 0 Å². The lowest BCUT2D eigenvalue weighted by Gasteiger charge is -2.33. The van der Waals surface area contributed by atoms with E-state index in [4.69, 9.17) is 4.52 Å². The van der Waals surface area contributed by atoms with Crippen molar-refractivity contribution >= 4 is 11.9 Å². The van der Waals surface area contributed by atoms with Gasteiger partial charge in [-0.05, 0) is 32.8 Å². The fraction of sp³-hybridized carbons (Fsp3) is 0.500. The van der Waals surface area contributed by atoms with Crippen LogP contribution >= 0.6 is 0 Å². The molecule has 1 atom stereocenters. The Kier molecular flexibility index (Phi) is 4.55. The van der Waals surface area contributed by atoms with Crippen molar-refractivity contribution < 1.29 is 9.32 Å². The fourth-order valence-corrected chi connectivity index (χ4v) is 2.92. The van der Waals surface area contributed by atoms with Crippen LogP contribution < -0.4 is 10.2 Å². The monoisotopic (exact) mass is 315 g/mol. The van der Waals surface area contributed by atoms with Gasteiger partial charge >= 0.3 is 0 Å². The largest absolute Gasteiger partial charge is 0.361 e. The Morgan fingerprint density at radius 3 is 2.87 bits per heavy atom. The number of aromatic nitrogens is 3. The molecular weight excluding hydrogens is 294 g/mol.